The van der Waals surface area contributed by atoms with Crippen LogP contribution in [-0.2, 0) is 4.74 Å². The highest BCUT2D eigenvalue weighted by Crippen LogP contribution is 2.40. The van der Waals surface area contributed by atoms with E-state index in [4.69, 9.17) is 4.74 Å². The van der Waals surface area contributed by atoms with Crippen molar-refractivity contribution in [3.63, 3.8) is 0 Å². The summed E-state index contributed by atoms with van der Waals surface area (Å²) >= 11 is 0. The second-order valence-electron chi connectivity index (χ2n) is 6.43. The molecule has 0 aromatic carbocycles. The van der Waals surface area contributed by atoms with Gasteiger partial charge in [0.05, 0.1) is 0 Å². The molecule has 1 fully saturated rings. The van der Waals surface area contributed by atoms with Crippen LogP contribution in [0.25, 0.3) is 0 Å². The van der Waals surface area contributed by atoms with Gasteiger partial charge in [0.15, 0.2) is 0 Å². The Morgan fingerprint density at radius 2 is 1.88 bits per heavy atom. The Morgan fingerprint density at radius 3 is 2.47 bits per heavy atom. The smallest absolute Gasteiger partial charge is 0.0478 e. The Kier molecular flexibility index (Phi) is 6.50. The van der Waals surface area contributed by atoms with E-state index in [1.807, 2.05) is 0 Å². The number of nitrogens with one attached hydrogen (secondary N) is 1. The standard InChI is InChI=1S/C15H31NO/c1-5-6-9-17-10-7-8-16-14-12-15(3,4)11-13(14)2/h13-14,16H,5-12H2,1-4H3. The van der Waals surface area contributed by atoms with Crippen LogP contribution in [0.1, 0.15) is 59.8 Å². The molecule has 0 heterocycles. The van der Waals surface area contributed by atoms with Gasteiger partial charge in [-0.25, -0.2) is 0 Å². The first-order valence-corrected chi connectivity index (χ1v) is 7.36. The molecule has 0 bridgehead atoms. The predicted molar refractivity (Wildman–Crippen MR) is 74.3 cm³/mol. The molecule has 2 heteroatoms. The Balaban J connectivity index is 2.00. The van der Waals surface area contributed by atoms with Crippen molar-refractivity contribution in [1.82, 2.24) is 5.32 Å². The van der Waals surface area contributed by atoms with Gasteiger partial charge in [-0.05, 0) is 43.6 Å². The lowest BCUT2D eigenvalue weighted by atomic mass is 9.91. The first kappa shape index (κ1) is 15.0. The lowest BCUT2D eigenvalue weighted by molar-refractivity contribution is 0.128. The normalized spacial score (nSPS) is 27.5. The first-order chi connectivity index (χ1) is 8.05. The van der Waals surface area contributed by atoms with Crippen molar-refractivity contribution in [2.75, 3.05) is 19.8 Å². The molecule has 1 saturated carbocycles. The van der Waals surface area contributed by atoms with Gasteiger partial charge < -0.3 is 10.1 Å². The molecule has 2 unspecified atom stereocenters. The van der Waals surface area contributed by atoms with Gasteiger partial charge in [0, 0.05) is 19.3 Å². The molecule has 0 spiro atoms. The number of rotatable bonds is 8. The van der Waals surface area contributed by atoms with Crippen LogP contribution in [0.3, 0.4) is 0 Å². The largest absolute Gasteiger partial charge is 0.381 e. The minimum absolute atomic E-state index is 0.536. The van der Waals surface area contributed by atoms with Crippen molar-refractivity contribution >= 4 is 0 Å². The summed E-state index contributed by atoms with van der Waals surface area (Å²) in [5.41, 5.74) is 0.536. The van der Waals surface area contributed by atoms with Crippen LogP contribution < -0.4 is 5.32 Å². The van der Waals surface area contributed by atoms with E-state index in [-0.39, 0.29) is 0 Å². The van der Waals surface area contributed by atoms with Gasteiger partial charge in [-0.3, -0.25) is 0 Å². The molecule has 2 nitrogen and oxygen atoms in total. The summed E-state index contributed by atoms with van der Waals surface area (Å²) < 4.78 is 5.57. The first-order valence-electron chi connectivity index (χ1n) is 7.36. The molecule has 1 aliphatic carbocycles. The minimum atomic E-state index is 0.536. The summed E-state index contributed by atoms with van der Waals surface area (Å²) in [5.74, 6) is 0.825. The van der Waals surface area contributed by atoms with Gasteiger partial charge in [-0.1, -0.05) is 34.1 Å². The highest BCUT2D eigenvalue weighted by molar-refractivity contribution is 4.90. The van der Waals surface area contributed by atoms with Crippen molar-refractivity contribution < 1.29 is 4.74 Å². The van der Waals surface area contributed by atoms with Gasteiger partial charge in [0.25, 0.3) is 0 Å². The van der Waals surface area contributed by atoms with E-state index in [0.717, 1.165) is 38.1 Å². The topological polar surface area (TPSA) is 21.3 Å². The molecule has 0 aliphatic heterocycles. The maximum Gasteiger partial charge on any atom is 0.0478 e. The van der Waals surface area contributed by atoms with Gasteiger partial charge in [0.1, 0.15) is 0 Å². The fraction of sp³-hybridized carbons (Fsp3) is 1.00. The van der Waals surface area contributed by atoms with Crippen LogP contribution in [-0.4, -0.2) is 25.8 Å². The zero-order valence-corrected chi connectivity index (χ0v) is 12.2. The SMILES string of the molecule is CCCCOCCCNC1CC(C)(C)CC1C. The molecule has 0 radical (unpaired) electrons. The quantitative estimate of drug-likeness (QED) is 0.656. The average Bonchev–Trinajstić information content (AvgIpc) is 2.51. The van der Waals surface area contributed by atoms with Gasteiger partial charge in [0.2, 0.25) is 0 Å². The molecule has 0 saturated heterocycles. The van der Waals surface area contributed by atoms with E-state index >= 15 is 0 Å². The second kappa shape index (κ2) is 7.38. The van der Waals surface area contributed by atoms with Crippen LogP contribution in [0.2, 0.25) is 0 Å². The Labute approximate surface area is 108 Å². The average molecular weight is 241 g/mol. The van der Waals surface area contributed by atoms with E-state index < -0.39 is 0 Å². The van der Waals surface area contributed by atoms with E-state index in [2.05, 4.69) is 33.0 Å². The fourth-order valence-electron chi connectivity index (χ4n) is 2.98. The summed E-state index contributed by atoms with van der Waals surface area (Å²) in [5, 5.41) is 3.70. The lowest BCUT2D eigenvalue weighted by Crippen LogP contribution is -2.32. The molecule has 2 atom stereocenters. The van der Waals surface area contributed by atoms with Gasteiger partial charge in [-0.15, -0.1) is 0 Å². The highest BCUT2D eigenvalue weighted by Gasteiger charge is 2.35. The Bertz CT molecular complexity index is 203. The summed E-state index contributed by atoms with van der Waals surface area (Å²) in [7, 11) is 0. The summed E-state index contributed by atoms with van der Waals surface area (Å²) in [4.78, 5) is 0. The van der Waals surface area contributed by atoms with Crippen LogP contribution >= 0.6 is 0 Å². The van der Waals surface area contributed by atoms with Crippen molar-refractivity contribution in [2.45, 2.75) is 65.8 Å². The third-order valence-electron chi connectivity index (χ3n) is 3.85. The lowest BCUT2D eigenvalue weighted by Gasteiger charge is -2.18. The number of hydrogen-bond acceptors (Lipinski definition) is 2. The number of unbranched alkanes of at least 4 members (excludes halogenated alkanes) is 1. The summed E-state index contributed by atoms with van der Waals surface area (Å²) in [6, 6.07) is 0.723. The number of ether oxygens (including phenoxy) is 1. The minimum Gasteiger partial charge on any atom is -0.381 e. The van der Waals surface area contributed by atoms with E-state index in [0.29, 0.717) is 5.41 Å². The maximum absolute atomic E-state index is 5.57. The van der Waals surface area contributed by atoms with E-state index in [9.17, 15) is 0 Å². The molecular weight excluding hydrogens is 210 g/mol. The zero-order chi connectivity index (χ0) is 12.7. The molecule has 0 aromatic heterocycles. The van der Waals surface area contributed by atoms with Crippen molar-refractivity contribution in [3.05, 3.63) is 0 Å². The second-order valence-corrected chi connectivity index (χ2v) is 6.43. The summed E-state index contributed by atoms with van der Waals surface area (Å²) in [6.45, 7) is 12.3. The predicted octanol–water partition coefficient (Wildman–Crippen LogP) is 3.61. The van der Waals surface area contributed by atoms with Crippen molar-refractivity contribution in [2.24, 2.45) is 11.3 Å². The Hall–Kier alpha value is -0.0800. The van der Waals surface area contributed by atoms with Crippen LogP contribution in [0.5, 0.6) is 0 Å². The molecule has 102 valence electrons. The van der Waals surface area contributed by atoms with Gasteiger partial charge in [-0.2, -0.15) is 0 Å². The van der Waals surface area contributed by atoms with Crippen LogP contribution in [0.15, 0.2) is 0 Å². The highest BCUT2D eigenvalue weighted by atomic mass is 16.5. The van der Waals surface area contributed by atoms with E-state index in [1.165, 1.54) is 25.7 Å². The summed E-state index contributed by atoms with van der Waals surface area (Å²) in [6.07, 6.45) is 6.25. The third-order valence-corrected chi connectivity index (χ3v) is 3.85. The molecule has 0 aromatic rings. The van der Waals surface area contributed by atoms with Gasteiger partial charge >= 0.3 is 0 Å². The van der Waals surface area contributed by atoms with Crippen LogP contribution in [0, 0.1) is 11.3 Å². The fourth-order valence-corrected chi connectivity index (χ4v) is 2.98. The molecule has 1 N–H and O–H groups in total. The van der Waals surface area contributed by atoms with Crippen molar-refractivity contribution in [1.29, 1.82) is 0 Å². The zero-order valence-electron chi connectivity index (χ0n) is 12.2. The monoisotopic (exact) mass is 241 g/mol. The number of hydrogen-bond donors (Lipinski definition) is 1. The molecule has 1 rings (SSSR count). The maximum atomic E-state index is 5.57. The van der Waals surface area contributed by atoms with Crippen molar-refractivity contribution in [3.8, 4) is 0 Å². The molecule has 1 aliphatic rings. The molecular formula is C15H31NO. The Morgan fingerprint density at radius 1 is 1.18 bits per heavy atom. The molecule has 17 heavy (non-hydrogen) atoms. The third kappa shape index (κ3) is 5.87. The van der Waals surface area contributed by atoms with Crippen LogP contribution in [0.4, 0.5) is 0 Å². The van der Waals surface area contributed by atoms with E-state index in [1.54, 1.807) is 0 Å². The molecule has 0 amide bonds.